The van der Waals surface area contributed by atoms with Gasteiger partial charge in [-0.25, -0.2) is 0 Å². The largest absolute Gasteiger partial charge is 0.347 e. The number of carbonyl (C=O) groups is 5. The number of imide groups is 1. The average molecular weight is 419 g/mol. The number of rotatable bonds is 4. The summed E-state index contributed by atoms with van der Waals surface area (Å²) >= 11 is 0. The van der Waals surface area contributed by atoms with E-state index in [4.69, 9.17) is 0 Å². The first-order valence-corrected chi connectivity index (χ1v) is 9.83. The number of hydrogen-bond acceptors (Lipinski definition) is 5. The molecule has 2 aliphatic rings. The third kappa shape index (κ3) is 3.30. The topological polar surface area (TPSA) is 95.1 Å². The first kappa shape index (κ1) is 20.5. The van der Waals surface area contributed by atoms with E-state index in [1.54, 1.807) is 56.6 Å². The van der Waals surface area contributed by atoms with E-state index in [2.05, 4.69) is 0 Å². The van der Waals surface area contributed by atoms with Crippen LogP contribution in [-0.4, -0.2) is 65.9 Å². The molecule has 8 nitrogen and oxygen atoms in total. The molecular formula is C23H21N3O5. The smallest absolute Gasteiger partial charge is 0.262 e. The molecule has 0 bridgehead atoms. The SMILES string of the molecule is CC(=O)c1ccc2c(c1)N(CC(=O)N(C)C)C(=O)C(N1C(=O)c3ccccc3C1=O)C2. The van der Waals surface area contributed by atoms with Gasteiger partial charge in [-0.3, -0.25) is 28.9 Å². The lowest BCUT2D eigenvalue weighted by molar-refractivity contribution is -0.130. The number of fused-ring (bicyclic) bond motifs is 2. The summed E-state index contributed by atoms with van der Waals surface area (Å²) in [7, 11) is 3.15. The van der Waals surface area contributed by atoms with Crippen molar-refractivity contribution in [2.75, 3.05) is 25.5 Å². The van der Waals surface area contributed by atoms with Crippen molar-refractivity contribution in [3.63, 3.8) is 0 Å². The van der Waals surface area contributed by atoms with E-state index in [0.717, 1.165) is 4.90 Å². The Hall–Kier alpha value is -3.81. The van der Waals surface area contributed by atoms with E-state index < -0.39 is 23.8 Å². The second-order valence-electron chi connectivity index (χ2n) is 7.86. The second kappa shape index (κ2) is 7.46. The number of benzene rings is 2. The number of ketones is 1. The maximum Gasteiger partial charge on any atom is 0.262 e. The zero-order valence-corrected chi connectivity index (χ0v) is 17.4. The van der Waals surface area contributed by atoms with Gasteiger partial charge in [0.1, 0.15) is 12.6 Å². The molecule has 2 aromatic carbocycles. The van der Waals surface area contributed by atoms with E-state index in [-0.39, 0.29) is 35.8 Å². The molecule has 0 aliphatic carbocycles. The Morgan fingerprint density at radius 2 is 1.61 bits per heavy atom. The molecule has 0 N–H and O–H groups in total. The highest BCUT2D eigenvalue weighted by atomic mass is 16.2. The van der Waals surface area contributed by atoms with Gasteiger partial charge in [0.25, 0.3) is 17.7 Å². The van der Waals surface area contributed by atoms with Crippen LogP contribution in [-0.2, 0) is 16.0 Å². The van der Waals surface area contributed by atoms with Crippen molar-refractivity contribution in [2.45, 2.75) is 19.4 Å². The van der Waals surface area contributed by atoms with E-state index >= 15 is 0 Å². The van der Waals surface area contributed by atoms with Gasteiger partial charge in [-0.15, -0.1) is 0 Å². The van der Waals surface area contributed by atoms with Crippen molar-refractivity contribution in [1.82, 2.24) is 9.80 Å². The van der Waals surface area contributed by atoms with Gasteiger partial charge >= 0.3 is 0 Å². The Balaban J connectivity index is 1.78. The summed E-state index contributed by atoms with van der Waals surface area (Å²) in [5.41, 5.74) is 2.05. The van der Waals surface area contributed by atoms with Crippen LogP contribution in [0.5, 0.6) is 0 Å². The molecule has 4 rings (SSSR count). The number of nitrogens with zero attached hydrogens (tertiary/aromatic N) is 3. The zero-order chi connectivity index (χ0) is 22.4. The van der Waals surface area contributed by atoms with Crippen molar-refractivity contribution < 1.29 is 24.0 Å². The number of carbonyl (C=O) groups excluding carboxylic acids is 5. The molecule has 0 saturated carbocycles. The highest BCUT2D eigenvalue weighted by Crippen LogP contribution is 2.34. The Morgan fingerprint density at radius 1 is 1.00 bits per heavy atom. The number of anilines is 1. The quantitative estimate of drug-likeness (QED) is 0.553. The van der Waals surface area contributed by atoms with Gasteiger partial charge in [0, 0.05) is 31.8 Å². The minimum Gasteiger partial charge on any atom is -0.347 e. The van der Waals surface area contributed by atoms with Crippen molar-refractivity contribution in [3.8, 4) is 0 Å². The average Bonchev–Trinajstić information content (AvgIpc) is 3.00. The second-order valence-corrected chi connectivity index (χ2v) is 7.86. The molecule has 0 radical (unpaired) electrons. The fourth-order valence-corrected chi connectivity index (χ4v) is 3.93. The van der Waals surface area contributed by atoms with Crippen molar-refractivity contribution in [1.29, 1.82) is 0 Å². The molecule has 2 heterocycles. The normalized spacial score (nSPS) is 17.5. The molecule has 0 aromatic heterocycles. The van der Waals surface area contributed by atoms with Gasteiger partial charge in [-0.1, -0.05) is 24.3 Å². The molecular weight excluding hydrogens is 398 g/mol. The minimum absolute atomic E-state index is 0.116. The molecule has 8 heteroatoms. The molecule has 1 atom stereocenters. The molecule has 4 amide bonds. The van der Waals surface area contributed by atoms with Gasteiger partial charge in [0.05, 0.1) is 11.1 Å². The highest BCUT2D eigenvalue weighted by molar-refractivity contribution is 6.24. The summed E-state index contributed by atoms with van der Waals surface area (Å²) in [4.78, 5) is 67.3. The summed E-state index contributed by atoms with van der Waals surface area (Å²) in [5, 5.41) is 0. The summed E-state index contributed by atoms with van der Waals surface area (Å²) in [6.07, 6.45) is 0.116. The Labute approximate surface area is 179 Å². The van der Waals surface area contributed by atoms with Crippen molar-refractivity contribution in [3.05, 3.63) is 64.7 Å². The molecule has 2 aliphatic heterocycles. The van der Waals surface area contributed by atoms with E-state index in [1.165, 1.54) is 16.7 Å². The number of hydrogen-bond donors (Lipinski definition) is 0. The first-order valence-electron chi connectivity index (χ1n) is 9.83. The summed E-state index contributed by atoms with van der Waals surface area (Å²) < 4.78 is 0. The van der Waals surface area contributed by atoms with Crippen LogP contribution in [0.25, 0.3) is 0 Å². The van der Waals surface area contributed by atoms with Crippen LogP contribution in [0.1, 0.15) is 43.6 Å². The molecule has 0 saturated heterocycles. The van der Waals surface area contributed by atoms with Crippen LogP contribution in [0.4, 0.5) is 5.69 Å². The van der Waals surface area contributed by atoms with Gasteiger partial charge in [0.15, 0.2) is 5.78 Å². The van der Waals surface area contributed by atoms with Crippen molar-refractivity contribution >= 4 is 35.1 Å². The third-order valence-electron chi connectivity index (χ3n) is 5.68. The van der Waals surface area contributed by atoms with E-state index in [0.29, 0.717) is 16.8 Å². The summed E-state index contributed by atoms with van der Waals surface area (Å²) in [6, 6.07) is 10.3. The van der Waals surface area contributed by atoms with Crippen LogP contribution in [0.2, 0.25) is 0 Å². The molecule has 158 valence electrons. The lowest BCUT2D eigenvalue weighted by Crippen LogP contribution is -2.56. The minimum atomic E-state index is -1.07. The number of Topliss-reactive ketones (excluding diaryl/α,β-unsaturated/α-hetero) is 1. The number of likely N-dealkylation sites (N-methyl/N-ethyl adjacent to an activating group) is 1. The van der Waals surface area contributed by atoms with Crippen molar-refractivity contribution in [2.24, 2.45) is 0 Å². The Bertz CT molecular complexity index is 1120. The monoisotopic (exact) mass is 419 g/mol. The lowest BCUT2D eigenvalue weighted by Gasteiger charge is -2.37. The van der Waals surface area contributed by atoms with Gasteiger partial charge < -0.3 is 9.80 Å². The fraction of sp³-hybridized carbons (Fsp3) is 0.261. The molecule has 1 unspecified atom stereocenters. The van der Waals surface area contributed by atoms with E-state index in [1.807, 2.05) is 0 Å². The van der Waals surface area contributed by atoms with Gasteiger partial charge in [-0.05, 0) is 30.7 Å². The number of amides is 4. The zero-order valence-electron chi connectivity index (χ0n) is 17.4. The Kier molecular flexibility index (Phi) is 4.93. The standard InChI is InChI=1S/C23H21N3O5/c1-13(27)14-8-9-15-11-19(23(31)25(18(15)10-14)12-20(28)24(2)3)26-21(29)16-6-4-5-7-17(16)22(26)30/h4-10,19H,11-12H2,1-3H3. The van der Waals surface area contributed by atoms with Gasteiger partial charge in [-0.2, -0.15) is 0 Å². The fourth-order valence-electron chi connectivity index (χ4n) is 3.93. The molecule has 2 aromatic rings. The Morgan fingerprint density at radius 3 is 2.16 bits per heavy atom. The molecule has 31 heavy (non-hydrogen) atoms. The summed E-state index contributed by atoms with van der Waals surface area (Å²) in [5.74, 6) is -2.08. The third-order valence-corrected chi connectivity index (χ3v) is 5.68. The van der Waals surface area contributed by atoms with Crippen LogP contribution in [0.15, 0.2) is 42.5 Å². The maximum absolute atomic E-state index is 13.5. The van der Waals surface area contributed by atoms with Crippen LogP contribution in [0.3, 0.4) is 0 Å². The van der Waals surface area contributed by atoms with Crippen LogP contribution in [0, 0.1) is 0 Å². The maximum atomic E-state index is 13.5. The van der Waals surface area contributed by atoms with E-state index in [9.17, 15) is 24.0 Å². The lowest BCUT2D eigenvalue weighted by atomic mass is 9.93. The highest BCUT2D eigenvalue weighted by Gasteiger charge is 2.46. The predicted molar refractivity (Wildman–Crippen MR) is 112 cm³/mol. The molecule has 0 fully saturated rings. The first-order chi connectivity index (χ1) is 14.7. The molecule has 0 spiro atoms. The van der Waals surface area contributed by atoms with Crippen LogP contribution < -0.4 is 4.90 Å². The summed E-state index contributed by atoms with van der Waals surface area (Å²) in [6.45, 7) is 1.16. The van der Waals surface area contributed by atoms with Crippen LogP contribution >= 0.6 is 0 Å². The van der Waals surface area contributed by atoms with Gasteiger partial charge in [0.2, 0.25) is 5.91 Å². The predicted octanol–water partition coefficient (Wildman–Crippen LogP) is 1.53.